The summed E-state index contributed by atoms with van der Waals surface area (Å²) in [5.41, 5.74) is 9.93. The zero-order valence-corrected chi connectivity index (χ0v) is 19.1. The summed E-state index contributed by atoms with van der Waals surface area (Å²) in [4.78, 5) is 24.4. The van der Waals surface area contributed by atoms with Gasteiger partial charge in [0.2, 0.25) is 0 Å². The Hall–Kier alpha value is -2.64. The minimum Gasteiger partial charge on any atom is -0.481 e. The van der Waals surface area contributed by atoms with Crippen LogP contribution in [0.25, 0.3) is 0 Å². The van der Waals surface area contributed by atoms with Gasteiger partial charge in [0.1, 0.15) is 0 Å². The van der Waals surface area contributed by atoms with E-state index in [1.54, 1.807) is 0 Å². The van der Waals surface area contributed by atoms with Gasteiger partial charge in [-0.25, -0.2) is 0 Å². The highest BCUT2D eigenvalue weighted by molar-refractivity contribution is 7.99. The summed E-state index contributed by atoms with van der Waals surface area (Å²) >= 11 is 1.95. The normalized spacial score (nSPS) is 23.2. The quantitative estimate of drug-likeness (QED) is 0.515. The fourth-order valence-corrected chi connectivity index (χ4v) is 5.40. The molecule has 2 aliphatic rings. The Kier molecular flexibility index (Phi) is 6.67. The van der Waals surface area contributed by atoms with E-state index in [1.165, 1.54) is 0 Å². The summed E-state index contributed by atoms with van der Waals surface area (Å²) in [5.74, 6) is 1.13. The third-order valence-corrected chi connectivity index (χ3v) is 7.46. The molecule has 4 rings (SSSR count). The lowest BCUT2D eigenvalue weighted by Gasteiger charge is -2.40. The van der Waals surface area contributed by atoms with Crippen molar-refractivity contribution in [2.45, 2.75) is 31.7 Å². The molecule has 2 unspecified atom stereocenters. The smallest absolute Gasteiger partial charge is 0.303 e. The maximum atomic E-state index is 13.1. The zero-order chi connectivity index (χ0) is 22.7. The molecule has 0 bridgehead atoms. The number of carboxylic acids is 1. The highest BCUT2D eigenvalue weighted by Crippen LogP contribution is 2.40. The highest BCUT2D eigenvalue weighted by atomic mass is 32.2. The summed E-state index contributed by atoms with van der Waals surface area (Å²) in [5, 5.41) is 15.9. The molecule has 2 atom stereocenters. The average molecular weight is 452 g/mol. The molecule has 3 N–H and O–H groups in total. The first-order chi connectivity index (χ1) is 15.3. The summed E-state index contributed by atoms with van der Waals surface area (Å²) in [6, 6.07) is 13.1. The molecule has 1 aliphatic carbocycles. The Morgan fingerprint density at radius 1 is 1.19 bits per heavy atom. The van der Waals surface area contributed by atoms with Gasteiger partial charge < -0.3 is 10.8 Å². The molecule has 0 amide bonds. The number of aryl methyl sites for hydroxylation is 1. The van der Waals surface area contributed by atoms with E-state index in [1.807, 2.05) is 67.4 Å². The first-order valence-electron chi connectivity index (χ1n) is 11.0. The summed E-state index contributed by atoms with van der Waals surface area (Å²) in [6.07, 6.45) is 3.38. The fourth-order valence-electron chi connectivity index (χ4n) is 4.52. The topological polar surface area (TPSA) is 96.0 Å². The molecular formula is C25H29N3O3S. The van der Waals surface area contributed by atoms with Crippen LogP contribution in [-0.4, -0.2) is 52.7 Å². The number of rotatable bonds is 6. The van der Waals surface area contributed by atoms with E-state index in [2.05, 4.69) is 10.1 Å². The summed E-state index contributed by atoms with van der Waals surface area (Å²) < 4.78 is 0. The number of nitrogens with two attached hydrogens (primary N) is 1. The van der Waals surface area contributed by atoms with Crippen molar-refractivity contribution in [2.75, 3.05) is 24.6 Å². The standard InChI is InChI=1S/C25H29N3O3S/c1-25(26)21(15-23(29)30)9-8-18-6-7-20(14-22(18)25)24(31)19-4-2-17(3-5-19)16-27-28-10-12-32-13-11-28/h2-7,14,16,21H,8-13,15,26H2,1H3,(H,29,30). The molecule has 0 spiro atoms. The Bertz CT molecular complexity index is 1030. The molecule has 0 aromatic heterocycles. The number of hydrogen-bond donors (Lipinski definition) is 2. The Morgan fingerprint density at radius 3 is 2.56 bits per heavy atom. The monoisotopic (exact) mass is 451 g/mol. The van der Waals surface area contributed by atoms with E-state index in [9.17, 15) is 14.7 Å². The molecule has 7 heteroatoms. The van der Waals surface area contributed by atoms with Crippen molar-refractivity contribution in [3.05, 3.63) is 70.3 Å². The van der Waals surface area contributed by atoms with Crippen LogP contribution >= 0.6 is 11.8 Å². The number of carboxylic acid groups (broad SMARTS) is 1. The number of fused-ring (bicyclic) bond motifs is 1. The number of ketones is 1. The van der Waals surface area contributed by atoms with Gasteiger partial charge in [0.25, 0.3) is 0 Å². The third-order valence-electron chi connectivity index (χ3n) is 6.51. The summed E-state index contributed by atoms with van der Waals surface area (Å²) in [7, 11) is 0. The van der Waals surface area contributed by atoms with Crippen LogP contribution in [0.5, 0.6) is 0 Å². The Labute approximate surface area is 192 Å². The minimum absolute atomic E-state index is 0.0316. The van der Waals surface area contributed by atoms with Crippen molar-refractivity contribution >= 4 is 29.7 Å². The third kappa shape index (κ3) is 4.89. The van der Waals surface area contributed by atoms with Gasteiger partial charge in [-0.2, -0.15) is 16.9 Å². The number of hydrazone groups is 1. The summed E-state index contributed by atoms with van der Waals surface area (Å²) in [6.45, 7) is 3.80. The SMILES string of the molecule is CC1(N)c2cc(C(=O)c3ccc(C=NN4CCSCC4)cc3)ccc2CCC1CC(=O)O. The number of carbonyl (C=O) groups excluding carboxylic acids is 1. The average Bonchev–Trinajstić information content (AvgIpc) is 2.80. The number of hydrogen-bond acceptors (Lipinski definition) is 6. The van der Waals surface area contributed by atoms with E-state index < -0.39 is 11.5 Å². The van der Waals surface area contributed by atoms with Gasteiger partial charge in [-0.1, -0.05) is 36.4 Å². The number of benzene rings is 2. The van der Waals surface area contributed by atoms with Crippen molar-refractivity contribution in [3.8, 4) is 0 Å². The fraction of sp³-hybridized carbons (Fsp3) is 0.400. The molecular weight excluding hydrogens is 422 g/mol. The van der Waals surface area contributed by atoms with Gasteiger partial charge >= 0.3 is 5.97 Å². The maximum Gasteiger partial charge on any atom is 0.303 e. The number of thioether (sulfide) groups is 1. The second kappa shape index (κ2) is 9.46. The number of carbonyl (C=O) groups is 2. The van der Waals surface area contributed by atoms with Gasteiger partial charge in [0.15, 0.2) is 5.78 Å². The zero-order valence-electron chi connectivity index (χ0n) is 18.3. The van der Waals surface area contributed by atoms with Crippen LogP contribution in [0, 0.1) is 5.92 Å². The minimum atomic E-state index is -0.842. The van der Waals surface area contributed by atoms with E-state index >= 15 is 0 Å². The molecule has 168 valence electrons. The van der Waals surface area contributed by atoms with Crippen molar-refractivity contribution in [2.24, 2.45) is 16.8 Å². The maximum absolute atomic E-state index is 13.1. The van der Waals surface area contributed by atoms with Crippen molar-refractivity contribution in [1.82, 2.24) is 5.01 Å². The predicted octanol–water partition coefficient (Wildman–Crippen LogP) is 3.51. The molecule has 1 aliphatic heterocycles. The molecule has 0 radical (unpaired) electrons. The molecule has 1 heterocycles. The van der Waals surface area contributed by atoms with Crippen LogP contribution in [0.2, 0.25) is 0 Å². The molecule has 1 fully saturated rings. The van der Waals surface area contributed by atoms with Gasteiger partial charge in [-0.3, -0.25) is 14.6 Å². The predicted molar refractivity (Wildman–Crippen MR) is 128 cm³/mol. The molecule has 6 nitrogen and oxygen atoms in total. The van der Waals surface area contributed by atoms with E-state index in [0.717, 1.165) is 54.1 Å². The van der Waals surface area contributed by atoms with Crippen LogP contribution in [-0.2, 0) is 16.8 Å². The second-order valence-corrected chi connectivity index (χ2v) is 9.97. The largest absolute Gasteiger partial charge is 0.481 e. The molecule has 2 aromatic carbocycles. The van der Waals surface area contributed by atoms with Crippen molar-refractivity contribution in [3.63, 3.8) is 0 Å². The lowest BCUT2D eigenvalue weighted by atomic mass is 9.69. The van der Waals surface area contributed by atoms with Crippen LogP contribution < -0.4 is 5.73 Å². The van der Waals surface area contributed by atoms with Crippen LogP contribution in [0.3, 0.4) is 0 Å². The van der Waals surface area contributed by atoms with E-state index in [0.29, 0.717) is 11.1 Å². The van der Waals surface area contributed by atoms with Gasteiger partial charge in [-0.15, -0.1) is 0 Å². The lowest BCUT2D eigenvalue weighted by molar-refractivity contribution is -0.138. The molecule has 2 aromatic rings. The van der Waals surface area contributed by atoms with E-state index in [4.69, 9.17) is 5.73 Å². The molecule has 1 saturated heterocycles. The number of nitrogens with zero attached hydrogens (tertiary/aromatic N) is 2. The highest BCUT2D eigenvalue weighted by Gasteiger charge is 2.38. The van der Waals surface area contributed by atoms with E-state index in [-0.39, 0.29) is 18.1 Å². The lowest BCUT2D eigenvalue weighted by Crippen LogP contribution is -2.45. The molecule has 32 heavy (non-hydrogen) atoms. The van der Waals surface area contributed by atoms with Crippen LogP contribution in [0.1, 0.15) is 52.4 Å². The first kappa shape index (κ1) is 22.6. The molecule has 0 saturated carbocycles. The van der Waals surface area contributed by atoms with Gasteiger partial charge in [0, 0.05) is 41.3 Å². The first-order valence-corrected chi connectivity index (χ1v) is 12.2. The van der Waals surface area contributed by atoms with Crippen LogP contribution in [0.4, 0.5) is 0 Å². The van der Waals surface area contributed by atoms with Crippen molar-refractivity contribution in [1.29, 1.82) is 0 Å². The Morgan fingerprint density at radius 2 is 1.88 bits per heavy atom. The van der Waals surface area contributed by atoms with Crippen LogP contribution in [0.15, 0.2) is 47.6 Å². The van der Waals surface area contributed by atoms with Gasteiger partial charge in [-0.05, 0) is 48.4 Å². The van der Waals surface area contributed by atoms with Crippen molar-refractivity contribution < 1.29 is 14.7 Å². The van der Waals surface area contributed by atoms with Gasteiger partial charge in [0.05, 0.1) is 12.6 Å². The Balaban J connectivity index is 1.51. The number of aliphatic carboxylic acids is 1. The second-order valence-electron chi connectivity index (χ2n) is 8.75.